The van der Waals surface area contributed by atoms with Gasteiger partial charge in [0.2, 0.25) is 0 Å². The molecule has 0 bridgehead atoms. The number of ether oxygens (including phenoxy) is 1. The van der Waals surface area contributed by atoms with Gasteiger partial charge in [0.15, 0.2) is 0 Å². The second-order valence-corrected chi connectivity index (χ2v) is 6.39. The van der Waals surface area contributed by atoms with E-state index < -0.39 is 15.8 Å². The molecule has 0 aliphatic heterocycles. The molecule has 0 saturated carbocycles. The molecule has 20 heavy (non-hydrogen) atoms. The van der Waals surface area contributed by atoms with E-state index in [-0.39, 0.29) is 16.3 Å². The summed E-state index contributed by atoms with van der Waals surface area (Å²) in [5.74, 6) is -0.426. The lowest BCUT2D eigenvalue weighted by atomic mass is 10.3. The molecular formula is C12H10BrFN2O3S. The van der Waals surface area contributed by atoms with Crippen LogP contribution in [0.1, 0.15) is 0 Å². The van der Waals surface area contributed by atoms with E-state index in [4.69, 9.17) is 4.74 Å². The van der Waals surface area contributed by atoms with Crippen LogP contribution in [-0.4, -0.2) is 20.5 Å². The molecule has 1 heterocycles. The minimum atomic E-state index is -3.83. The molecule has 0 saturated heterocycles. The number of anilines is 1. The fourth-order valence-electron chi connectivity index (χ4n) is 1.49. The van der Waals surface area contributed by atoms with Crippen LogP contribution in [0.5, 0.6) is 5.75 Å². The van der Waals surface area contributed by atoms with Gasteiger partial charge in [-0.1, -0.05) is 0 Å². The van der Waals surface area contributed by atoms with Crippen LogP contribution in [0, 0.1) is 5.82 Å². The molecule has 0 aliphatic rings. The first kappa shape index (κ1) is 14.7. The molecule has 106 valence electrons. The van der Waals surface area contributed by atoms with Gasteiger partial charge in [-0.15, -0.1) is 0 Å². The van der Waals surface area contributed by atoms with E-state index in [9.17, 15) is 12.8 Å². The van der Waals surface area contributed by atoms with Crippen molar-refractivity contribution < 1.29 is 17.5 Å². The van der Waals surface area contributed by atoms with E-state index in [1.54, 1.807) is 0 Å². The predicted molar refractivity (Wildman–Crippen MR) is 75.7 cm³/mol. The number of hydrogen-bond donors (Lipinski definition) is 1. The maximum atomic E-state index is 13.1. The Kier molecular flexibility index (Phi) is 4.24. The molecule has 5 nitrogen and oxygen atoms in total. The molecular weight excluding hydrogens is 351 g/mol. The Balaban J connectivity index is 2.38. The summed E-state index contributed by atoms with van der Waals surface area (Å²) < 4.78 is 45.2. The highest BCUT2D eigenvalue weighted by atomic mass is 79.9. The molecule has 1 N–H and O–H groups in total. The SMILES string of the molecule is COc1cc(F)ccc1NS(=O)(=O)c1cncc(Br)c1. The van der Waals surface area contributed by atoms with Gasteiger partial charge in [-0.05, 0) is 34.1 Å². The monoisotopic (exact) mass is 360 g/mol. The van der Waals surface area contributed by atoms with Crippen LogP contribution in [0.25, 0.3) is 0 Å². The summed E-state index contributed by atoms with van der Waals surface area (Å²) in [4.78, 5) is 3.78. The van der Waals surface area contributed by atoms with Crippen molar-refractivity contribution in [3.05, 3.63) is 46.9 Å². The average Bonchev–Trinajstić information content (AvgIpc) is 2.40. The van der Waals surface area contributed by atoms with Gasteiger partial charge in [0.25, 0.3) is 10.0 Å². The number of aromatic nitrogens is 1. The van der Waals surface area contributed by atoms with Gasteiger partial charge in [0.05, 0.1) is 12.8 Å². The van der Waals surface area contributed by atoms with E-state index in [0.717, 1.165) is 12.1 Å². The number of hydrogen-bond acceptors (Lipinski definition) is 4. The Morgan fingerprint density at radius 2 is 2.05 bits per heavy atom. The summed E-state index contributed by atoms with van der Waals surface area (Å²) in [7, 11) is -2.50. The van der Waals surface area contributed by atoms with Crippen molar-refractivity contribution in [3.8, 4) is 5.75 Å². The van der Waals surface area contributed by atoms with Gasteiger partial charge in [-0.25, -0.2) is 12.8 Å². The first-order chi connectivity index (χ1) is 9.42. The van der Waals surface area contributed by atoms with Gasteiger partial charge in [-0.3, -0.25) is 9.71 Å². The first-order valence-corrected chi connectivity index (χ1v) is 7.67. The average molecular weight is 361 g/mol. The Hall–Kier alpha value is -1.67. The van der Waals surface area contributed by atoms with Crippen LogP contribution in [0.4, 0.5) is 10.1 Å². The largest absolute Gasteiger partial charge is 0.494 e. The zero-order chi connectivity index (χ0) is 14.8. The van der Waals surface area contributed by atoms with E-state index in [2.05, 4.69) is 25.6 Å². The molecule has 2 aromatic rings. The molecule has 1 aromatic carbocycles. The smallest absolute Gasteiger partial charge is 0.263 e. The van der Waals surface area contributed by atoms with Crippen molar-refractivity contribution in [2.75, 3.05) is 11.8 Å². The summed E-state index contributed by atoms with van der Waals surface area (Å²) >= 11 is 3.15. The fraction of sp³-hybridized carbons (Fsp3) is 0.0833. The maximum Gasteiger partial charge on any atom is 0.263 e. The molecule has 0 spiro atoms. The molecule has 1 aromatic heterocycles. The molecule has 0 amide bonds. The number of sulfonamides is 1. The van der Waals surface area contributed by atoms with Crippen molar-refractivity contribution in [2.24, 2.45) is 0 Å². The number of methoxy groups -OCH3 is 1. The number of nitrogens with zero attached hydrogens (tertiary/aromatic N) is 1. The van der Waals surface area contributed by atoms with E-state index in [1.165, 1.54) is 31.6 Å². The fourth-order valence-corrected chi connectivity index (χ4v) is 3.07. The summed E-state index contributed by atoms with van der Waals surface area (Å²) in [6.07, 6.45) is 2.68. The van der Waals surface area contributed by atoms with Crippen LogP contribution >= 0.6 is 15.9 Å². The van der Waals surface area contributed by atoms with Crippen LogP contribution in [0.2, 0.25) is 0 Å². The number of benzene rings is 1. The molecule has 0 atom stereocenters. The Labute approximate surface area is 124 Å². The molecule has 0 fully saturated rings. The summed E-state index contributed by atoms with van der Waals surface area (Å²) in [5, 5.41) is 0. The lowest BCUT2D eigenvalue weighted by molar-refractivity contribution is 0.413. The molecule has 0 aliphatic carbocycles. The van der Waals surface area contributed by atoms with Crippen LogP contribution in [0.15, 0.2) is 46.0 Å². The number of rotatable bonds is 4. The first-order valence-electron chi connectivity index (χ1n) is 5.39. The van der Waals surface area contributed by atoms with Gasteiger partial charge >= 0.3 is 0 Å². The van der Waals surface area contributed by atoms with E-state index in [1.807, 2.05) is 0 Å². The van der Waals surface area contributed by atoms with E-state index >= 15 is 0 Å². The highest BCUT2D eigenvalue weighted by Gasteiger charge is 2.17. The normalized spacial score (nSPS) is 11.2. The third kappa shape index (κ3) is 3.26. The Morgan fingerprint density at radius 1 is 1.30 bits per heavy atom. The predicted octanol–water partition coefficient (Wildman–Crippen LogP) is 2.79. The Bertz CT molecular complexity index is 737. The van der Waals surface area contributed by atoms with E-state index in [0.29, 0.717) is 4.47 Å². The second kappa shape index (κ2) is 5.76. The summed E-state index contributed by atoms with van der Waals surface area (Å²) in [5.41, 5.74) is 0.147. The van der Waals surface area contributed by atoms with Crippen LogP contribution in [-0.2, 0) is 10.0 Å². The lowest BCUT2D eigenvalue weighted by Crippen LogP contribution is -2.14. The molecule has 8 heteroatoms. The quantitative estimate of drug-likeness (QED) is 0.909. The second-order valence-electron chi connectivity index (χ2n) is 3.79. The van der Waals surface area contributed by atoms with Crippen molar-refractivity contribution in [1.29, 1.82) is 0 Å². The van der Waals surface area contributed by atoms with Gasteiger partial charge < -0.3 is 4.74 Å². The highest BCUT2D eigenvalue weighted by Crippen LogP contribution is 2.27. The third-order valence-corrected chi connectivity index (χ3v) is 4.16. The minimum absolute atomic E-state index is 0.0155. The van der Waals surface area contributed by atoms with Gasteiger partial charge in [0, 0.05) is 22.9 Å². The molecule has 0 unspecified atom stereocenters. The standard InChI is InChI=1S/C12H10BrFN2O3S/c1-19-12-5-9(14)2-3-11(12)16-20(17,18)10-4-8(13)6-15-7-10/h2-7,16H,1H3. The topological polar surface area (TPSA) is 68.3 Å². The highest BCUT2D eigenvalue weighted by molar-refractivity contribution is 9.10. The maximum absolute atomic E-state index is 13.1. The molecule has 2 rings (SSSR count). The van der Waals surface area contributed by atoms with Gasteiger partial charge in [-0.2, -0.15) is 0 Å². The van der Waals surface area contributed by atoms with Crippen LogP contribution in [0.3, 0.4) is 0 Å². The van der Waals surface area contributed by atoms with Crippen molar-refractivity contribution in [3.63, 3.8) is 0 Å². The number of halogens is 2. The number of pyridine rings is 1. The van der Waals surface area contributed by atoms with Gasteiger partial charge in [0.1, 0.15) is 16.5 Å². The zero-order valence-corrected chi connectivity index (χ0v) is 12.7. The third-order valence-electron chi connectivity index (χ3n) is 2.40. The summed E-state index contributed by atoms with van der Waals surface area (Å²) in [6.45, 7) is 0. The van der Waals surface area contributed by atoms with Crippen molar-refractivity contribution in [2.45, 2.75) is 4.90 Å². The minimum Gasteiger partial charge on any atom is -0.494 e. The molecule has 0 radical (unpaired) electrons. The lowest BCUT2D eigenvalue weighted by Gasteiger charge is -2.11. The zero-order valence-electron chi connectivity index (χ0n) is 10.3. The summed E-state index contributed by atoms with van der Waals surface area (Å²) in [6, 6.07) is 4.93. The Morgan fingerprint density at radius 3 is 2.70 bits per heavy atom. The van der Waals surface area contributed by atoms with Crippen LogP contribution < -0.4 is 9.46 Å². The van der Waals surface area contributed by atoms with Crippen molar-refractivity contribution in [1.82, 2.24) is 4.98 Å². The van der Waals surface area contributed by atoms with Crippen molar-refractivity contribution >= 4 is 31.6 Å². The number of nitrogens with one attached hydrogen (secondary N) is 1.